The number of halogens is 2. The average molecular weight is 546 g/mol. The third-order valence-electron chi connectivity index (χ3n) is 5.75. The maximum Gasteiger partial charge on any atom is 0.343 e. The fourth-order valence-electron chi connectivity index (χ4n) is 4.08. The monoisotopic (exact) mass is 545 g/mol. The minimum atomic E-state index is -4.37. The van der Waals surface area contributed by atoms with Crippen molar-refractivity contribution in [3.05, 3.63) is 86.4 Å². The first-order chi connectivity index (χ1) is 17.2. The number of fused-ring (bicyclic) bond motifs is 2. The zero-order chi connectivity index (χ0) is 25.6. The van der Waals surface area contributed by atoms with Gasteiger partial charge >= 0.3 is 5.69 Å². The Bertz CT molecular complexity index is 1770. The molecule has 0 saturated heterocycles. The SMILES string of the molecule is CCCOc1cccc(Cn2c(=O)n(S(=O)(=O)c3cc(Cl)cc(Cl)c3)c3cc4onc(C)c4cc32)c1. The Morgan fingerprint density at radius 3 is 2.50 bits per heavy atom. The van der Waals surface area contributed by atoms with Crippen molar-refractivity contribution in [2.45, 2.75) is 31.7 Å². The fourth-order valence-corrected chi connectivity index (χ4v) is 6.21. The minimum Gasteiger partial charge on any atom is -0.494 e. The lowest BCUT2D eigenvalue weighted by atomic mass is 10.2. The summed E-state index contributed by atoms with van der Waals surface area (Å²) in [5.41, 5.74) is 1.58. The van der Waals surface area contributed by atoms with Crippen molar-refractivity contribution in [2.24, 2.45) is 0 Å². The normalized spacial score (nSPS) is 12.0. The van der Waals surface area contributed by atoms with E-state index in [4.69, 9.17) is 32.5 Å². The smallest absolute Gasteiger partial charge is 0.343 e. The van der Waals surface area contributed by atoms with Crippen LogP contribution in [0.25, 0.3) is 22.0 Å². The summed E-state index contributed by atoms with van der Waals surface area (Å²) < 4.78 is 40.7. The molecule has 36 heavy (non-hydrogen) atoms. The average Bonchev–Trinajstić information content (AvgIpc) is 3.32. The highest BCUT2D eigenvalue weighted by molar-refractivity contribution is 7.90. The van der Waals surface area contributed by atoms with Crippen LogP contribution in [-0.2, 0) is 16.6 Å². The first-order valence-corrected chi connectivity index (χ1v) is 13.3. The summed E-state index contributed by atoms with van der Waals surface area (Å²) >= 11 is 12.1. The predicted octanol–water partition coefficient (Wildman–Crippen LogP) is 5.63. The maximum absolute atomic E-state index is 13.7. The van der Waals surface area contributed by atoms with Gasteiger partial charge in [0.05, 0.1) is 34.8 Å². The van der Waals surface area contributed by atoms with Gasteiger partial charge in [-0.2, -0.15) is 3.97 Å². The highest BCUT2D eigenvalue weighted by Crippen LogP contribution is 2.29. The highest BCUT2D eigenvalue weighted by atomic mass is 35.5. The molecule has 5 aromatic rings. The lowest BCUT2D eigenvalue weighted by Gasteiger charge is -2.08. The molecule has 5 rings (SSSR count). The number of benzene rings is 3. The minimum absolute atomic E-state index is 0.118. The summed E-state index contributed by atoms with van der Waals surface area (Å²) in [4.78, 5) is 13.5. The second kappa shape index (κ2) is 9.31. The van der Waals surface area contributed by atoms with E-state index in [9.17, 15) is 13.2 Å². The van der Waals surface area contributed by atoms with E-state index >= 15 is 0 Å². The van der Waals surface area contributed by atoms with Crippen LogP contribution in [0.4, 0.5) is 0 Å². The van der Waals surface area contributed by atoms with E-state index in [0.29, 0.717) is 34.5 Å². The Morgan fingerprint density at radius 2 is 1.78 bits per heavy atom. The van der Waals surface area contributed by atoms with E-state index < -0.39 is 15.7 Å². The van der Waals surface area contributed by atoms with E-state index in [1.165, 1.54) is 28.8 Å². The van der Waals surface area contributed by atoms with Crippen molar-refractivity contribution >= 4 is 55.2 Å². The van der Waals surface area contributed by atoms with Crippen LogP contribution in [0.2, 0.25) is 10.0 Å². The third kappa shape index (κ3) is 4.27. The van der Waals surface area contributed by atoms with Gasteiger partial charge in [-0.1, -0.05) is 47.4 Å². The molecule has 0 spiro atoms. The number of imidazole rings is 1. The lowest BCUT2D eigenvalue weighted by molar-refractivity contribution is 0.317. The Balaban J connectivity index is 1.75. The van der Waals surface area contributed by atoms with E-state index in [2.05, 4.69) is 5.16 Å². The number of aromatic nitrogens is 3. The molecule has 0 aliphatic heterocycles. The van der Waals surface area contributed by atoms with Gasteiger partial charge in [-0.25, -0.2) is 13.2 Å². The first-order valence-electron chi connectivity index (χ1n) is 11.1. The molecule has 186 valence electrons. The van der Waals surface area contributed by atoms with Crippen LogP contribution in [0.3, 0.4) is 0 Å². The van der Waals surface area contributed by atoms with Gasteiger partial charge in [0.2, 0.25) is 0 Å². The number of hydrogen-bond donors (Lipinski definition) is 0. The zero-order valence-corrected chi connectivity index (χ0v) is 21.7. The molecular weight excluding hydrogens is 525 g/mol. The third-order valence-corrected chi connectivity index (χ3v) is 7.85. The standard InChI is InChI=1S/C25H21Cl2N3O5S/c1-3-7-34-19-6-4-5-16(8-19)14-29-22-12-21-15(2)28-35-24(21)13-23(22)30(25(29)31)36(32,33)20-10-17(26)9-18(27)11-20/h4-6,8-13H,3,7,14H2,1-2H3. The van der Waals surface area contributed by atoms with Crippen LogP contribution in [-0.4, -0.2) is 28.7 Å². The van der Waals surface area contributed by atoms with Crippen LogP contribution in [0.5, 0.6) is 5.75 Å². The van der Waals surface area contributed by atoms with E-state index in [-0.39, 0.29) is 27.0 Å². The quantitative estimate of drug-likeness (QED) is 0.263. The molecule has 0 unspecified atom stereocenters. The molecular formula is C25H21Cl2N3O5S. The molecule has 0 amide bonds. The molecule has 0 atom stereocenters. The summed E-state index contributed by atoms with van der Waals surface area (Å²) in [6.45, 7) is 4.47. The summed E-state index contributed by atoms with van der Waals surface area (Å²) in [5, 5.41) is 4.92. The number of hydrogen-bond acceptors (Lipinski definition) is 6. The summed E-state index contributed by atoms with van der Waals surface area (Å²) in [6, 6.07) is 14.5. The van der Waals surface area contributed by atoms with Crippen LogP contribution in [0.15, 0.2) is 68.8 Å². The van der Waals surface area contributed by atoms with Crippen LogP contribution in [0, 0.1) is 6.92 Å². The van der Waals surface area contributed by atoms with Gasteiger partial charge in [0, 0.05) is 21.5 Å². The highest BCUT2D eigenvalue weighted by Gasteiger charge is 2.27. The molecule has 11 heteroatoms. The maximum atomic E-state index is 13.7. The number of ether oxygens (including phenoxy) is 1. The topological polar surface area (TPSA) is 96.3 Å². The van der Waals surface area contributed by atoms with Crippen LogP contribution >= 0.6 is 23.2 Å². The van der Waals surface area contributed by atoms with Gasteiger partial charge in [-0.15, -0.1) is 0 Å². The Hall–Kier alpha value is -3.27. The van der Waals surface area contributed by atoms with Gasteiger partial charge in [0.25, 0.3) is 10.0 Å². The summed E-state index contributed by atoms with van der Waals surface area (Å²) in [5.74, 6) is 0.671. The van der Waals surface area contributed by atoms with Crippen molar-refractivity contribution < 1.29 is 17.7 Å². The largest absolute Gasteiger partial charge is 0.494 e. The number of nitrogens with zero attached hydrogens (tertiary/aromatic N) is 3. The Labute approximate surface area is 216 Å². The molecule has 2 aromatic heterocycles. The fraction of sp³-hybridized carbons (Fsp3) is 0.200. The second-order valence-corrected chi connectivity index (χ2v) is 11.0. The van der Waals surface area contributed by atoms with Crippen molar-refractivity contribution in [1.29, 1.82) is 0 Å². The van der Waals surface area contributed by atoms with Crippen molar-refractivity contribution in [3.8, 4) is 5.75 Å². The molecule has 2 heterocycles. The summed E-state index contributed by atoms with van der Waals surface area (Å²) in [6.07, 6.45) is 0.858. The van der Waals surface area contributed by atoms with Gasteiger partial charge in [0.15, 0.2) is 5.58 Å². The summed E-state index contributed by atoms with van der Waals surface area (Å²) in [7, 11) is -4.37. The van der Waals surface area contributed by atoms with Gasteiger partial charge in [0.1, 0.15) is 5.75 Å². The van der Waals surface area contributed by atoms with Gasteiger partial charge in [-0.05, 0) is 55.3 Å². The molecule has 0 aliphatic rings. The number of aryl methyl sites for hydroxylation is 1. The van der Waals surface area contributed by atoms with Crippen molar-refractivity contribution in [3.63, 3.8) is 0 Å². The Morgan fingerprint density at radius 1 is 1.03 bits per heavy atom. The van der Waals surface area contributed by atoms with E-state index in [0.717, 1.165) is 16.0 Å². The molecule has 0 saturated carbocycles. The molecule has 3 aromatic carbocycles. The van der Waals surface area contributed by atoms with Crippen molar-refractivity contribution in [1.82, 2.24) is 13.7 Å². The molecule has 0 radical (unpaired) electrons. The molecule has 8 nitrogen and oxygen atoms in total. The molecule has 0 aliphatic carbocycles. The van der Waals surface area contributed by atoms with E-state index in [1.807, 2.05) is 31.2 Å². The second-order valence-electron chi connectivity index (χ2n) is 8.34. The Kier molecular flexibility index (Phi) is 6.32. The van der Waals surface area contributed by atoms with Gasteiger partial charge in [-0.3, -0.25) is 4.57 Å². The molecule has 0 bridgehead atoms. The lowest BCUT2D eigenvalue weighted by Crippen LogP contribution is -2.30. The van der Waals surface area contributed by atoms with Crippen LogP contribution in [0.1, 0.15) is 24.6 Å². The van der Waals surface area contributed by atoms with Crippen LogP contribution < -0.4 is 10.4 Å². The number of rotatable bonds is 7. The first kappa shape index (κ1) is 24.4. The molecule has 0 N–H and O–H groups in total. The zero-order valence-electron chi connectivity index (χ0n) is 19.4. The van der Waals surface area contributed by atoms with Gasteiger partial charge < -0.3 is 9.26 Å². The predicted molar refractivity (Wildman–Crippen MR) is 139 cm³/mol. The van der Waals surface area contributed by atoms with Crippen molar-refractivity contribution in [2.75, 3.05) is 6.61 Å². The van der Waals surface area contributed by atoms with E-state index in [1.54, 1.807) is 13.0 Å². The molecule has 0 fully saturated rings.